The fourth-order valence-electron chi connectivity index (χ4n) is 6.77. The summed E-state index contributed by atoms with van der Waals surface area (Å²) in [6, 6.07) is 11.6. The van der Waals surface area contributed by atoms with Gasteiger partial charge in [-0.2, -0.15) is 0 Å². The van der Waals surface area contributed by atoms with Crippen molar-refractivity contribution in [2.75, 3.05) is 0 Å². The van der Waals surface area contributed by atoms with Crippen molar-refractivity contribution < 1.29 is 0 Å². The quantitative estimate of drug-likeness (QED) is 0.464. The summed E-state index contributed by atoms with van der Waals surface area (Å²) in [5, 5.41) is 2.93. The van der Waals surface area contributed by atoms with Gasteiger partial charge in [0.25, 0.3) is 0 Å². The van der Waals surface area contributed by atoms with Gasteiger partial charge in [0, 0.05) is 0 Å². The highest BCUT2D eigenvalue weighted by molar-refractivity contribution is 5.94. The van der Waals surface area contributed by atoms with E-state index in [1.807, 2.05) is 0 Å². The van der Waals surface area contributed by atoms with E-state index in [9.17, 15) is 0 Å². The molecule has 0 heterocycles. The minimum Gasteiger partial charge on any atom is -0.0798 e. The number of benzene rings is 2. The molecule has 0 nitrogen and oxygen atoms in total. The number of hydrogen-bond acceptors (Lipinski definition) is 0. The molecule has 2 aromatic rings. The molecule has 0 amide bonds. The molecule has 4 atom stereocenters. The molecule has 2 aromatic carbocycles. The summed E-state index contributed by atoms with van der Waals surface area (Å²) < 4.78 is 0. The van der Waals surface area contributed by atoms with Gasteiger partial charge in [-0.3, -0.25) is 0 Å². The highest BCUT2D eigenvalue weighted by Gasteiger charge is 2.46. The summed E-state index contributed by atoms with van der Waals surface area (Å²) in [6.07, 6.45) is 10.6. The van der Waals surface area contributed by atoms with Crippen LogP contribution < -0.4 is 0 Å². The molecule has 0 unspecified atom stereocenters. The van der Waals surface area contributed by atoms with Crippen molar-refractivity contribution in [2.24, 2.45) is 29.1 Å². The van der Waals surface area contributed by atoms with E-state index in [-0.39, 0.29) is 0 Å². The smallest absolute Gasteiger partial charge is 0.00355 e. The van der Waals surface area contributed by atoms with Gasteiger partial charge in [0.2, 0.25) is 0 Å². The molecule has 4 rings (SSSR count). The molecule has 0 spiro atoms. The van der Waals surface area contributed by atoms with Gasteiger partial charge in [0.05, 0.1) is 0 Å². The van der Waals surface area contributed by atoms with Gasteiger partial charge in [-0.1, -0.05) is 83.9 Å². The second-order valence-electron chi connectivity index (χ2n) is 10.6. The molecule has 2 aliphatic rings. The van der Waals surface area contributed by atoms with Crippen molar-refractivity contribution >= 4 is 16.3 Å². The Morgan fingerprint density at radius 2 is 1.86 bits per heavy atom. The van der Waals surface area contributed by atoms with Gasteiger partial charge >= 0.3 is 0 Å². The maximum absolute atomic E-state index is 2.61. The van der Waals surface area contributed by atoms with Gasteiger partial charge in [-0.15, -0.1) is 0 Å². The molecule has 0 saturated heterocycles. The first-order chi connectivity index (χ1) is 13.9. The van der Waals surface area contributed by atoms with Crippen molar-refractivity contribution in [2.45, 2.75) is 80.1 Å². The zero-order chi connectivity index (χ0) is 20.8. The van der Waals surface area contributed by atoms with E-state index in [2.05, 4.69) is 78.0 Å². The number of hydrogen-bond donors (Lipinski definition) is 0. The van der Waals surface area contributed by atoms with Crippen LogP contribution in [0.25, 0.3) is 16.3 Å². The first kappa shape index (κ1) is 20.7. The first-order valence-corrected chi connectivity index (χ1v) is 12.1. The van der Waals surface area contributed by atoms with E-state index in [4.69, 9.17) is 0 Å². The van der Waals surface area contributed by atoms with E-state index in [1.165, 1.54) is 54.9 Å². The molecule has 0 aromatic heterocycles. The fraction of sp³-hybridized carbons (Fsp3) is 0.586. The Kier molecular flexibility index (Phi) is 5.66. The standard InChI is InChI=1S/C29H40/c1-7-22(19(2)3)12-11-20(4)26-15-16-27-24-14-13-23-10-8-9-21(5)28(23)25(24)17-18-29(26,27)6/h8-10,13-14,16,19-20,22,26H,7,11-12,15,17-18H2,1-6H3/t20-,22-,26-,29-/m1/s1. The molecular weight excluding hydrogens is 348 g/mol. The average molecular weight is 389 g/mol. The molecule has 0 aliphatic heterocycles. The van der Waals surface area contributed by atoms with Crippen molar-refractivity contribution in [3.8, 4) is 0 Å². The largest absolute Gasteiger partial charge is 0.0798 e. The Morgan fingerprint density at radius 1 is 1.07 bits per heavy atom. The Labute approximate surface area is 178 Å². The SMILES string of the molecule is CC[C@H](CC[C@@H](C)[C@H]1CC=C2c3ccc4cccc(C)c4c3CC[C@@]21C)C(C)C. The van der Waals surface area contributed by atoms with E-state index in [0.717, 1.165) is 23.7 Å². The molecule has 0 bridgehead atoms. The number of fused-ring (bicyclic) bond motifs is 5. The zero-order valence-electron chi connectivity index (χ0n) is 19.5. The second-order valence-corrected chi connectivity index (χ2v) is 10.6. The number of rotatable bonds is 6. The lowest BCUT2D eigenvalue weighted by atomic mass is 9.61. The van der Waals surface area contributed by atoms with Crippen LogP contribution in [0.1, 0.15) is 83.4 Å². The molecule has 0 heteroatoms. The van der Waals surface area contributed by atoms with Gasteiger partial charge in [0.15, 0.2) is 0 Å². The summed E-state index contributed by atoms with van der Waals surface area (Å²) in [7, 11) is 0. The van der Waals surface area contributed by atoms with Crippen LogP contribution in [0.5, 0.6) is 0 Å². The van der Waals surface area contributed by atoms with Crippen molar-refractivity contribution in [1.29, 1.82) is 0 Å². The molecule has 0 fully saturated rings. The van der Waals surface area contributed by atoms with Gasteiger partial charge in [0.1, 0.15) is 0 Å². The van der Waals surface area contributed by atoms with E-state index in [0.29, 0.717) is 5.41 Å². The van der Waals surface area contributed by atoms with Crippen molar-refractivity contribution in [3.63, 3.8) is 0 Å². The topological polar surface area (TPSA) is 0 Å². The summed E-state index contributed by atoms with van der Waals surface area (Å²) in [5.41, 5.74) is 6.64. The zero-order valence-corrected chi connectivity index (χ0v) is 19.5. The maximum Gasteiger partial charge on any atom is -0.00355 e. The molecule has 2 aliphatic carbocycles. The van der Waals surface area contributed by atoms with Crippen LogP contribution in [0, 0.1) is 36.0 Å². The Bertz CT molecular complexity index is 915. The lowest BCUT2D eigenvalue weighted by molar-refractivity contribution is 0.170. The predicted octanol–water partition coefficient (Wildman–Crippen LogP) is 8.60. The third-order valence-electron chi connectivity index (χ3n) is 8.70. The Hall–Kier alpha value is -1.56. The van der Waals surface area contributed by atoms with Crippen LogP contribution in [-0.2, 0) is 6.42 Å². The molecule has 0 N–H and O–H groups in total. The molecule has 0 radical (unpaired) electrons. The number of allylic oxidation sites excluding steroid dienone is 2. The Balaban J connectivity index is 1.60. The molecule has 0 saturated carbocycles. The minimum absolute atomic E-state index is 0.363. The molecular formula is C29H40. The van der Waals surface area contributed by atoms with Crippen LogP contribution in [0.3, 0.4) is 0 Å². The second kappa shape index (κ2) is 7.93. The average Bonchev–Trinajstić information content (AvgIpc) is 3.05. The van der Waals surface area contributed by atoms with Crippen molar-refractivity contribution in [1.82, 2.24) is 0 Å². The van der Waals surface area contributed by atoms with Gasteiger partial charge in [-0.05, 0) is 94.7 Å². The highest BCUT2D eigenvalue weighted by Crippen LogP contribution is 2.58. The summed E-state index contributed by atoms with van der Waals surface area (Å²) >= 11 is 0. The number of aryl methyl sites for hydroxylation is 2. The lowest BCUT2D eigenvalue weighted by Gasteiger charge is -2.43. The van der Waals surface area contributed by atoms with Crippen molar-refractivity contribution in [3.05, 3.63) is 53.1 Å². The van der Waals surface area contributed by atoms with Crippen LogP contribution in [0.15, 0.2) is 36.4 Å². The molecule has 156 valence electrons. The monoisotopic (exact) mass is 388 g/mol. The fourth-order valence-corrected chi connectivity index (χ4v) is 6.77. The third-order valence-corrected chi connectivity index (χ3v) is 8.70. The summed E-state index contributed by atoms with van der Waals surface area (Å²) in [5.74, 6) is 3.33. The van der Waals surface area contributed by atoms with E-state index in [1.54, 1.807) is 16.7 Å². The van der Waals surface area contributed by atoms with Gasteiger partial charge < -0.3 is 0 Å². The Morgan fingerprint density at radius 3 is 2.59 bits per heavy atom. The maximum atomic E-state index is 2.61. The summed E-state index contributed by atoms with van der Waals surface area (Å²) in [6.45, 7) is 14.6. The van der Waals surface area contributed by atoms with Crippen LogP contribution in [0.2, 0.25) is 0 Å². The minimum atomic E-state index is 0.363. The van der Waals surface area contributed by atoms with E-state index < -0.39 is 0 Å². The highest BCUT2D eigenvalue weighted by atomic mass is 14.5. The molecule has 29 heavy (non-hydrogen) atoms. The third kappa shape index (κ3) is 3.47. The summed E-state index contributed by atoms with van der Waals surface area (Å²) in [4.78, 5) is 0. The van der Waals surface area contributed by atoms with Gasteiger partial charge in [-0.25, -0.2) is 0 Å². The first-order valence-electron chi connectivity index (χ1n) is 12.1. The van der Waals surface area contributed by atoms with Crippen LogP contribution in [0.4, 0.5) is 0 Å². The van der Waals surface area contributed by atoms with E-state index >= 15 is 0 Å². The van der Waals surface area contributed by atoms with Crippen LogP contribution in [-0.4, -0.2) is 0 Å². The lowest BCUT2D eigenvalue weighted by Crippen LogP contribution is -2.33. The van der Waals surface area contributed by atoms with Crippen LogP contribution >= 0.6 is 0 Å². The predicted molar refractivity (Wildman–Crippen MR) is 128 cm³/mol. The normalized spacial score (nSPS) is 25.6.